The zero-order valence-electron chi connectivity index (χ0n) is 15.9. The van der Waals surface area contributed by atoms with Crippen LogP contribution in [0.15, 0.2) is 42.5 Å². The Bertz CT molecular complexity index is 1070. The molecule has 4 rings (SSSR count). The van der Waals surface area contributed by atoms with Crippen molar-refractivity contribution in [3.05, 3.63) is 75.3 Å². The molecule has 3 aromatic rings. The van der Waals surface area contributed by atoms with Gasteiger partial charge in [-0.1, -0.05) is 35.3 Å². The van der Waals surface area contributed by atoms with Crippen molar-refractivity contribution in [2.24, 2.45) is 0 Å². The Hall–Kier alpha value is -2.21. The maximum Gasteiger partial charge on any atom is 0.196 e. The van der Waals surface area contributed by atoms with Gasteiger partial charge in [0.15, 0.2) is 11.6 Å². The van der Waals surface area contributed by atoms with Crippen molar-refractivity contribution in [1.29, 1.82) is 0 Å². The van der Waals surface area contributed by atoms with Crippen molar-refractivity contribution in [2.45, 2.75) is 25.3 Å². The molecule has 1 fully saturated rings. The van der Waals surface area contributed by atoms with Gasteiger partial charge in [0, 0.05) is 16.1 Å². The van der Waals surface area contributed by atoms with Crippen LogP contribution in [0.2, 0.25) is 10.0 Å². The molecule has 144 valence electrons. The molecule has 0 N–H and O–H groups in total. The Kier molecular flexibility index (Phi) is 4.78. The van der Waals surface area contributed by atoms with Gasteiger partial charge in [-0.2, -0.15) is 0 Å². The number of halogens is 2. The van der Waals surface area contributed by atoms with E-state index < -0.39 is 0 Å². The Balaban J connectivity index is 1.91. The number of hydrogen-bond donors (Lipinski definition) is 0. The van der Waals surface area contributed by atoms with Gasteiger partial charge in [0.05, 0.1) is 16.2 Å². The minimum Gasteiger partial charge on any atom is -0.297 e. The molecule has 0 unspecified atom stereocenters. The normalized spacial score (nSPS) is 15.1. The van der Waals surface area contributed by atoms with E-state index in [9.17, 15) is 4.79 Å². The molecule has 0 atom stereocenters. The fraction of sp³-hybridized carbons (Fsp3) is 0.286. The van der Waals surface area contributed by atoms with E-state index in [0.717, 1.165) is 24.5 Å². The monoisotopic (exact) mass is 414 g/mol. The Morgan fingerprint density at radius 2 is 1.79 bits per heavy atom. The number of rotatable bonds is 5. The van der Waals surface area contributed by atoms with Gasteiger partial charge in [-0.25, -0.2) is 0 Å². The van der Waals surface area contributed by atoms with Crippen LogP contribution in [0.3, 0.4) is 0 Å². The Labute approximate surface area is 173 Å². The first-order valence-electron chi connectivity index (χ1n) is 9.04. The van der Waals surface area contributed by atoms with Crippen molar-refractivity contribution in [2.75, 3.05) is 14.1 Å². The highest BCUT2D eigenvalue weighted by Gasteiger charge is 2.51. The van der Waals surface area contributed by atoms with Gasteiger partial charge in [-0.15, -0.1) is 10.2 Å². The first-order chi connectivity index (χ1) is 13.3. The second kappa shape index (κ2) is 6.99. The molecule has 2 aromatic carbocycles. The van der Waals surface area contributed by atoms with Crippen LogP contribution in [0, 0.1) is 6.92 Å². The molecule has 1 heterocycles. The SMILES string of the molecule is Cc1nnc(C2(N(C)C)CC2)n1-c1ccc(Cl)cc1C(=O)c1ccccc1Cl. The highest BCUT2D eigenvalue weighted by atomic mass is 35.5. The van der Waals surface area contributed by atoms with Crippen LogP contribution < -0.4 is 0 Å². The lowest BCUT2D eigenvalue weighted by molar-refractivity contribution is 0.103. The molecule has 0 saturated heterocycles. The van der Waals surface area contributed by atoms with E-state index in [2.05, 4.69) is 15.1 Å². The van der Waals surface area contributed by atoms with Gasteiger partial charge in [0.2, 0.25) is 0 Å². The fourth-order valence-electron chi connectivity index (χ4n) is 3.62. The van der Waals surface area contributed by atoms with Crippen molar-refractivity contribution in [3.8, 4) is 5.69 Å². The summed E-state index contributed by atoms with van der Waals surface area (Å²) in [5.74, 6) is 1.38. The number of aromatic nitrogens is 3. The van der Waals surface area contributed by atoms with Crippen LogP contribution in [0.1, 0.15) is 40.4 Å². The maximum atomic E-state index is 13.3. The summed E-state index contributed by atoms with van der Waals surface area (Å²) in [6.07, 6.45) is 2.00. The third kappa shape index (κ3) is 3.04. The van der Waals surface area contributed by atoms with E-state index in [4.69, 9.17) is 23.2 Å². The zero-order valence-corrected chi connectivity index (χ0v) is 17.4. The summed E-state index contributed by atoms with van der Waals surface area (Å²) in [6, 6.07) is 12.3. The van der Waals surface area contributed by atoms with E-state index in [-0.39, 0.29) is 11.3 Å². The lowest BCUT2D eigenvalue weighted by Gasteiger charge is -2.24. The molecule has 28 heavy (non-hydrogen) atoms. The van der Waals surface area contributed by atoms with Crippen molar-refractivity contribution in [1.82, 2.24) is 19.7 Å². The van der Waals surface area contributed by atoms with Crippen molar-refractivity contribution >= 4 is 29.0 Å². The number of nitrogens with zero attached hydrogens (tertiary/aromatic N) is 4. The minimum absolute atomic E-state index is 0.161. The third-order valence-corrected chi connectivity index (χ3v) is 5.95. The van der Waals surface area contributed by atoms with Gasteiger partial charge >= 0.3 is 0 Å². The van der Waals surface area contributed by atoms with E-state index >= 15 is 0 Å². The molecule has 0 aliphatic heterocycles. The quantitative estimate of drug-likeness (QED) is 0.569. The molecule has 0 amide bonds. The van der Waals surface area contributed by atoms with Gasteiger partial charge in [-0.3, -0.25) is 14.3 Å². The number of hydrogen-bond acceptors (Lipinski definition) is 4. The van der Waals surface area contributed by atoms with Gasteiger partial charge in [0.1, 0.15) is 5.82 Å². The van der Waals surface area contributed by atoms with E-state index in [1.54, 1.807) is 36.4 Å². The predicted molar refractivity (Wildman–Crippen MR) is 111 cm³/mol. The van der Waals surface area contributed by atoms with Crippen LogP contribution in [-0.2, 0) is 5.54 Å². The smallest absolute Gasteiger partial charge is 0.196 e. The topological polar surface area (TPSA) is 51.0 Å². The molecule has 7 heteroatoms. The molecule has 5 nitrogen and oxygen atoms in total. The first-order valence-corrected chi connectivity index (χ1v) is 9.80. The Morgan fingerprint density at radius 3 is 2.43 bits per heavy atom. The second-order valence-electron chi connectivity index (χ2n) is 7.30. The van der Waals surface area contributed by atoms with Crippen LogP contribution in [0.4, 0.5) is 0 Å². The summed E-state index contributed by atoms with van der Waals surface area (Å²) in [5, 5.41) is 9.67. The van der Waals surface area contributed by atoms with Gasteiger partial charge < -0.3 is 0 Å². The summed E-state index contributed by atoms with van der Waals surface area (Å²) in [6.45, 7) is 1.89. The molecule has 0 spiro atoms. The van der Waals surface area contributed by atoms with Crippen LogP contribution in [0.25, 0.3) is 5.69 Å². The second-order valence-corrected chi connectivity index (χ2v) is 8.15. The summed E-state index contributed by atoms with van der Waals surface area (Å²) in [7, 11) is 4.08. The Morgan fingerprint density at radius 1 is 1.07 bits per heavy atom. The summed E-state index contributed by atoms with van der Waals surface area (Å²) in [5.41, 5.74) is 1.46. The lowest BCUT2D eigenvalue weighted by atomic mass is 10.0. The highest BCUT2D eigenvalue weighted by Crippen LogP contribution is 2.49. The third-order valence-electron chi connectivity index (χ3n) is 5.38. The largest absolute Gasteiger partial charge is 0.297 e. The average Bonchev–Trinajstić information content (AvgIpc) is 3.39. The lowest BCUT2D eigenvalue weighted by Crippen LogP contribution is -2.31. The molecule has 1 saturated carbocycles. The fourth-order valence-corrected chi connectivity index (χ4v) is 4.01. The maximum absolute atomic E-state index is 13.3. The van der Waals surface area contributed by atoms with Crippen LogP contribution in [-0.4, -0.2) is 39.5 Å². The first kappa shape index (κ1) is 19.1. The molecule has 0 radical (unpaired) electrons. The highest BCUT2D eigenvalue weighted by molar-refractivity contribution is 6.35. The minimum atomic E-state index is -0.183. The standard InChI is InChI=1S/C21H20Cl2N4O/c1-13-24-25-20(21(10-11-21)26(2)3)27(13)18-9-8-14(22)12-16(18)19(28)15-6-4-5-7-17(15)23/h4-9,12H,10-11H2,1-3H3. The molecular weight excluding hydrogens is 395 g/mol. The van der Waals surface area contributed by atoms with Crippen LogP contribution in [0.5, 0.6) is 0 Å². The van der Waals surface area contributed by atoms with Crippen molar-refractivity contribution < 1.29 is 4.79 Å². The number of benzene rings is 2. The number of carbonyl (C=O) groups is 1. The summed E-state index contributed by atoms with van der Waals surface area (Å²) in [4.78, 5) is 15.5. The average molecular weight is 415 g/mol. The van der Waals surface area contributed by atoms with Gasteiger partial charge in [-0.05, 0) is 64.2 Å². The van der Waals surface area contributed by atoms with Crippen molar-refractivity contribution in [3.63, 3.8) is 0 Å². The van der Waals surface area contributed by atoms with E-state index in [1.807, 2.05) is 31.7 Å². The summed E-state index contributed by atoms with van der Waals surface area (Å²) < 4.78 is 1.97. The van der Waals surface area contributed by atoms with Gasteiger partial charge in [0.25, 0.3) is 0 Å². The number of carbonyl (C=O) groups excluding carboxylic acids is 1. The zero-order chi connectivity index (χ0) is 20.1. The molecular formula is C21H20Cl2N4O. The molecule has 0 bridgehead atoms. The summed E-state index contributed by atoms with van der Waals surface area (Å²) >= 11 is 12.5. The molecule has 1 aromatic heterocycles. The number of aryl methyl sites for hydroxylation is 1. The van der Waals surface area contributed by atoms with E-state index in [0.29, 0.717) is 26.9 Å². The number of ketones is 1. The molecule has 1 aliphatic carbocycles. The predicted octanol–water partition coefficient (Wildman–Crippen LogP) is 4.66. The molecule has 1 aliphatic rings. The van der Waals surface area contributed by atoms with Crippen LogP contribution >= 0.6 is 23.2 Å². The van der Waals surface area contributed by atoms with E-state index in [1.165, 1.54) is 0 Å².